The molecule has 0 aliphatic heterocycles. The zero-order chi connectivity index (χ0) is 15.6. The molecule has 110 valence electrons. The lowest BCUT2D eigenvalue weighted by Crippen LogP contribution is -2.11. The first-order chi connectivity index (χ1) is 9.88. The van der Waals surface area contributed by atoms with E-state index in [1.807, 2.05) is 6.07 Å². The summed E-state index contributed by atoms with van der Waals surface area (Å²) in [5.74, 6) is -0.908. The molecule has 2 rings (SSSR count). The van der Waals surface area contributed by atoms with Crippen LogP contribution in [0.3, 0.4) is 0 Å². The Morgan fingerprint density at radius 3 is 2.29 bits per heavy atom. The van der Waals surface area contributed by atoms with Crippen LogP contribution in [0.4, 0.5) is 5.69 Å². The SMILES string of the molecule is Cc1cc(C)c(C(C)Nc2cccc(C(=O)O)c2)c(C)c1. The van der Waals surface area contributed by atoms with Gasteiger partial charge in [0.15, 0.2) is 0 Å². The maximum atomic E-state index is 11.0. The van der Waals surface area contributed by atoms with Crippen molar-refractivity contribution in [3.05, 3.63) is 64.2 Å². The molecule has 2 aromatic rings. The van der Waals surface area contributed by atoms with Gasteiger partial charge in [-0.25, -0.2) is 4.79 Å². The number of hydrogen-bond acceptors (Lipinski definition) is 2. The highest BCUT2D eigenvalue weighted by atomic mass is 16.4. The molecule has 21 heavy (non-hydrogen) atoms. The number of rotatable bonds is 4. The Morgan fingerprint density at radius 1 is 1.10 bits per heavy atom. The number of carboxylic acid groups (broad SMARTS) is 1. The molecule has 3 nitrogen and oxygen atoms in total. The minimum atomic E-state index is -0.908. The second-order valence-corrected chi connectivity index (χ2v) is 5.56. The highest BCUT2D eigenvalue weighted by Crippen LogP contribution is 2.26. The maximum absolute atomic E-state index is 11.0. The van der Waals surface area contributed by atoms with Crippen LogP contribution in [0, 0.1) is 20.8 Å². The lowest BCUT2D eigenvalue weighted by Gasteiger charge is -2.21. The van der Waals surface area contributed by atoms with E-state index in [0.29, 0.717) is 5.56 Å². The van der Waals surface area contributed by atoms with Crippen molar-refractivity contribution in [1.29, 1.82) is 0 Å². The van der Waals surface area contributed by atoms with Crippen LogP contribution in [0.15, 0.2) is 36.4 Å². The summed E-state index contributed by atoms with van der Waals surface area (Å²) < 4.78 is 0. The first-order valence-electron chi connectivity index (χ1n) is 7.06. The van der Waals surface area contributed by atoms with Gasteiger partial charge in [0.2, 0.25) is 0 Å². The summed E-state index contributed by atoms with van der Waals surface area (Å²) in [7, 11) is 0. The van der Waals surface area contributed by atoms with Gasteiger partial charge in [-0.15, -0.1) is 0 Å². The fourth-order valence-corrected chi connectivity index (χ4v) is 2.94. The van der Waals surface area contributed by atoms with E-state index < -0.39 is 5.97 Å². The standard InChI is InChI=1S/C18H21NO2/c1-11-8-12(2)17(13(3)9-11)14(4)19-16-7-5-6-15(10-16)18(20)21/h5-10,14,19H,1-4H3,(H,20,21). The van der Waals surface area contributed by atoms with Crippen LogP contribution in [0.25, 0.3) is 0 Å². The lowest BCUT2D eigenvalue weighted by molar-refractivity contribution is 0.0697. The van der Waals surface area contributed by atoms with Crippen molar-refractivity contribution in [2.45, 2.75) is 33.7 Å². The van der Waals surface area contributed by atoms with E-state index in [0.717, 1.165) is 5.69 Å². The first-order valence-corrected chi connectivity index (χ1v) is 7.06. The van der Waals surface area contributed by atoms with Crippen molar-refractivity contribution < 1.29 is 9.90 Å². The van der Waals surface area contributed by atoms with Crippen molar-refractivity contribution in [3.8, 4) is 0 Å². The smallest absolute Gasteiger partial charge is 0.335 e. The number of aromatic carboxylic acids is 1. The van der Waals surface area contributed by atoms with Gasteiger partial charge in [-0.1, -0.05) is 23.8 Å². The Morgan fingerprint density at radius 2 is 1.71 bits per heavy atom. The second kappa shape index (κ2) is 6.00. The highest BCUT2D eigenvalue weighted by molar-refractivity contribution is 5.88. The molecule has 0 aromatic heterocycles. The summed E-state index contributed by atoms with van der Waals surface area (Å²) >= 11 is 0. The fraction of sp³-hybridized carbons (Fsp3) is 0.278. The fourth-order valence-electron chi connectivity index (χ4n) is 2.94. The monoisotopic (exact) mass is 283 g/mol. The third kappa shape index (κ3) is 3.43. The van der Waals surface area contributed by atoms with Gasteiger partial charge in [-0.3, -0.25) is 0 Å². The number of hydrogen-bond donors (Lipinski definition) is 2. The molecule has 0 saturated heterocycles. The minimum Gasteiger partial charge on any atom is -0.478 e. The van der Waals surface area contributed by atoms with Gasteiger partial charge >= 0.3 is 5.97 Å². The van der Waals surface area contributed by atoms with E-state index in [2.05, 4.69) is 45.1 Å². The van der Waals surface area contributed by atoms with Gasteiger partial charge < -0.3 is 10.4 Å². The summed E-state index contributed by atoms with van der Waals surface area (Å²) in [5, 5.41) is 12.4. The molecule has 3 heteroatoms. The Kier molecular flexibility index (Phi) is 4.32. The predicted octanol–water partition coefficient (Wildman–Crippen LogP) is 4.48. The quantitative estimate of drug-likeness (QED) is 0.869. The Hall–Kier alpha value is -2.29. The summed E-state index contributed by atoms with van der Waals surface area (Å²) in [6.45, 7) is 8.42. The van der Waals surface area contributed by atoms with Crippen LogP contribution in [-0.2, 0) is 0 Å². The van der Waals surface area contributed by atoms with Crippen molar-refractivity contribution in [1.82, 2.24) is 0 Å². The summed E-state index contributed by atoms with van der Waals surface area (Å²) in [6, 6.07) is 11.4. The van der Waals surface area contributed by atoms with Crippen LogP contribution in [0.1, 0.15) is 45.6 Å². The largest absolute Gasteiger partial charge is 0.478 e. The van der Waals surface area contributed by atoms with Gasteiger partial charge in [0.25, 0.3) is 0 Å². The van der Waals surface area contributed by atoms with Crippen LogP contribution in [0.5, 0.6) is 0 Å². The van der Waals surface area contributed by atoms with Crippen molar-refractivity contribution in [2.75, 3.05) is 5.32 Å². The number of carboxylic acids is 1. The summed E-state index contributed by atoms with van der Waals surface area (Å²) in [5.41, 5.74) is 6.14. The molecule has 0 amide bonds. The lowest BCUT2D eigenvalue weighted by atomic mass is 9.94. The molecule has 2 aromatic carbocycles. The number of carbonyl (C=O) groups is 1. The average Bonchev–Trinajstić information content (AvgIpc) is 2.37. The molecule has 2 N–H and O–H groups in total. The number of aryl methyl sites for hydroxylation is 3. The maximum Gasteiger partial charge on any atom is 0.335 e. The molecule has 0 aliphatic rings. The van der Waals surface area contributed by atoms with Gasteiger partial charge in [-0.2, -0.15) is 0 Å². The van der Waals surface area contributed by atoms with E-state index in [1.165, 1.54) is 22.3 Å². The van der Waals surface area contributed by atoms with E-state index in [-0.39, 0.29) is 6.04 Å². The number of nitrogens with one attached hydrogen (secondary N) is 1. The van der Waals surface area contributed by atoms with Gasteiger partial charge in [-0.05, 0) is 62.6 Å². The van der Waals surface area contributed by atoms with Crippen LogP contribution in [-0.4, -0.2) is 11.1 Å². The van der Waals surface area contributed by atoms with Crippen molar-refractivity contribution >= 4 is 11.7 Å². The van der Waals surface area contributed by atoms with Gasteiger partial charge in [0.1, 0.15) is 0 Å². The zero-order valence-electron chi connectivity index (χ0n) is 12.9. The topological polar surface area (TPSA) is 49.3 Å². The summed E-state index contributed by atoms with van der Waals surface area (Å²) in [6.07, 6.45) is 0. The molecule has 1 unspecified atom stereocenters. The molecule has 1 atom stereocenters. The molecule has 0 radical (unpaired) electrons. The Bertz CT molecular complexity index is 654. The zero-order valence-corrected chi connectivity index (χ0v) is 12.9. The van der Waals surface area contributed by atoms with E-state index in [1.54, 1.807) is 18.2 Å². The van der Waals surface area contributed by atoms with Crippen molar-refractivity contribution in [2.24, 2.45) is 0 Å². The third-order valence-corrected chi connectivity index (χ3v) is 3.66. The Labute approximate surface area is 125 Å². The highest BCUT2D eigenvalue weighted by Gasteiger charge is 2.12. The van der Waals surface area contributed by atoms with E-state index in [4.69, 9.17) is 5.11 Å². The molecule has 0 spiro atoms. The number of anilines is 1. The molecule has 0 heterocycles. The first kappa shape index (κ1) is 15.1. The van der Waals surface area contributed by atoms with Crippen LogP contribution in [0.2, 0.25) is 0 Å². The molecular weight excluding hydrogens is 262 g/mol. The molecule has 0 saturated carbocycles. The number of benzene rings is 2. The van der Waals surface area contributed by atoms with E-state index >= 15 is 0 Å². The minimum absolute atomic E-state index is 0.120. The van der Waals surface area contributed by atoms with Crippen molar-refractivity contribution in [3.63, 3.8) is 0 Å². The van der Waals surface area contributed by atoms with Gasteiger partial charge in [0, 0.05) is 11.7 Å². The normalized spacial score (nSPS) is 12.0. The summed E-state index contributed by atoms with van der Waals surface area (Å²) in [4.78, 5) is 11.0. The predicted molar refractivity (Wildman–Crippen MR) is 86.1 cm³/mol. The molecule has 0 fully saturated rings. The molecular formula is C18H21NO2. The molecule has 0 bridgehead atoms. The molecule has 0 aliphatic carbocycles. The average molecular weight is 283 g/mol. The van der Waals surface area contributed by atoms with Crippen LogP contribution < -0.4 is 5.32 Å². The van der Waals surface area contributed by atoms with Gasteiger partial charge in [0.05, 0.1) is 5.56 Å². The second-order valence-electron chi connectivity index (χ2n) is 5.56. The Balaban J connectivity index is 2.28. The van der Waals surface area contributed by atoms with Crippen LogP contribution >= 0.6 is 0 Å². The third-order valence-electron chi connectivity index (χ3n) is 3.66. The van der Waals surface area contributed by atoms with E-state index in [9.17, 15) is 4.79 Å².